The van der Waals surface area contributed by atoms with Gasteiger partial charge < -0.3 is 10.3 Å². The molecular weight excluding hydrogens is 279 g/mol. The van der Waals surface area contributed by atoms with E-state index >= 15 is 0 Å². The number of hydrogen-bond acceptors (Lipinski definition) is 2. The summed E-state index contributed by atoms with van der Waals surface area (Å²) < 4.78 is 38.6. The van der Waals surface area contributed by atoms with Gasteiger partial charge >= 0.3 is 6.18 Å². The topological polar surface area (TPSA) is 43.8 Å². The van der Waals surface area contributed by atoms with E-state index in [4.69, 9.17) is 5.73 Å². The van der Waals surface area contributed by atoms with Crippen molar-refractivity contribution in [1.82, 2.24) is 9.55 Å². The number of anilines is 1. The van der Waals surface area contributed by atoms with Crippen molar-refractivity contribution in [3.8, 4) is 0 Å². The minimum atomic E-state index is -4.07. The second-order valence-electron chi connectivity index (χ2n) is 5.25. The van der Waals surface area contributed by atoms with Crippen LogP contribution in [0.4, 0.5) is 18.9 Å². The van der Waals surface area contributed by atoms with Gasteiger partial charge in [-0.1, -0.05) is 6.92 Å². The molecule has 6 heteroatoms. The van der Waals surface area contributed by atoms with Crippen LogP contribution in [0, 0.1) is 0 Å². The van der Waals surface area contributed by atoms with Gasteiger partial charge in [-0.15, -0.1) is 0 Å². The zero-order chi connectivity index (χ0) is 15.5. The lowest BCUT2D eigenvalue weighted by Crippen LogP contribution is -2.09. The number of nitrogens with zero attached hydrogens (tertiary/aromatic N) is 2. The van der Waals surface area contributed by atoms with Crippen LogP contribution in [-0.4, -0.2) is 15.7 Å². The molecule has 0 aliphatic heterocycles. The van der Waals surface area contributed by atoms with E-state index in [2.05, 4.69) is 11.9 Å². The molecule has 0 aliphatic carbocycles. The summed E-state index contributed by atoms with van der Waals surface area (Å²) in [5, 5.41) is 0. The maximum atomic E-state index is 12.2. The Bertz CT molecular complexity index is 602. The van der Waals surface area contributed by atoms with Crippen molar-refractivity contribution in [1.29, 1.82) is 0 Å². The van der Waals surface area contributed by atoms with E-state index in [1.54, 1.807) is 12.1 Å². The number of unbranched alkanes of at least 4 members (excludes halogenated alkanes) is 1. The number of fused-ring (bicyclic) bond motifs is 1. The van der Waals surface area contributed by atoms with Crippen molar-refractivity contribution < 1.29 is 13.2 Å². The predicted octanol–water partition coefficient (Wildman–Crippen LogP) is 4.30. The molecule has 0 unspecified atom stereocenters. The Morgan fingerprint density at radius 2 is 2.00 bits per heavy atom. The highest BCUT2D eigenvalue weighted by Gasteiger charge is 2.25. The average Bonchev–Trinajstić information content (AvgIpc) is 2.71. The van der Waals surface area contributed by atoms with Crippen LogP contribution in [0.2, 0.25) is 0 Å². The van der Waals surface area contributed by atoms with E-state index < -0.39 is 12.6 Å². The van der Waals surface area contributed by atoms with Crippen LogP contribution in [0.3, 0.4) is 0 Å². The fraction of sp³-hybridized carbons (Fsp3) is 0.533. The second kappa shape index (κ2) is 6.37. The lowest BCUT2D eigenvalue weighted by molar-refractivity contribution is -0.135. The monoisotopic (exact) mass is 299 g/mol. The SMILES string of the molecule is CCCc1nc2cc(N)ccc2n1CCCCC(F)(F)F. The Morgan fingerprint density at radius 3 is 2.67 bits per heavy atom. The minimum Gasteiger partial charge on any atom is -0.399 e. The summed E-state index contributed by atoms with van der Waals surface area (Å²) in [5.74, 6) is 0.921. The summed E-state index contributed by atoms with van der Waals surface area (Å²) in [5.41, 5.74) is 8.16. The first-order valence-electron chi connectivity index (χ1n) is 7.22. The molecule has 1 heterocycles. The molecule has 1 aromatic carbocycles. The van der Waals surface area contributed by atoms with E-state index in [1.807, 2.05) is 10.6 Å². The molecule has 2 aromatic rings. The Kier molecular flexibility index (Phi) is 4.75. The quantitative estimate of drug-likeness (QED) is 0.638. The van der Waals surface area contributed by atoms with Gasteiger partial charge in [0.2, 0.25) is 0 Å². The third kappa shape index (κ3) is 4.12. The molecular formula is C15H20F3N3. The molecule has 0 fully saturated rings. The van der Waals surface area contributed by atoms with Gasteiger partial charge in [-0.05, 0) is 37.5 Å². The summed E-state index contributed by atoms with van der Waals surface area (Å²) in [6.45, 7) is 2.62. The van der Waals surface area contributed by atoms with E-state index in [9.17, 15) is 13.2 Å². The zero-order valence-electron chi connectivity index (χ0n) is 12.1. The number of aryl methyl sites for hydroxylation is 2. The first-order chi connectivity index (χ1) is 9.90. The van der Waals surface area contributed by atoms with Crippen molar-refractivity contribution in [3.05, 3.63) is 24.0 Å². The van der Waals surface area contributed by atoms with Crippen LogP contribution < -0.4 is 5.73 Å². The Balaban J connectivity index is 2.14. The van der Waals surface area contributed by atoms with Crippen LogP contribution in [0.1, 0.15) is 38.4 Å². The molecule has 0 aliphatic rings. The molecule has 1 aromatic heterocycles. The van der Waals surface area contributed by atoms with Crippen molar-refractivity contribution in [3.63, 3.8) is 0 Å². The summed E-state index contributed by atoms with van der Waals surface area (Å²) >= 11 is 0. The largest absolute Gasteiger partial charge is 0.399 e. The van der Waals surface area contributed by atoms with Gasteiger partial charge in [0.15, 0.2) is 0 Å². The predicted molar refractivity (Wildman–Crippen MR) is 78.0 cm³/mol. The van der Waals surface area contributed by atoms with E-state index in [0.717, 1.165) is 29.7 Å². The molecule has 2 N–H and O–H groups in total. The van der Waals surface area contributed by atoms with Gasteiger partial charge in [-0.25, -0.2) is 4.98 Å². The number of nitrogen functional groups attached to an aromatic ring is 1. The van der Waals surface area contributed by atoms with Gasteiger partial charge in [0, 0.05) is 25.1 Å². The smallest absolute Gasteiger partial charge is 0.389 e. The van der Waals surface area contributed by atoms with E-state index in [-0.39, 0.29) is 6.42 Å². The summed E-state index contributed by atoms with van der Waals surface area (Å²) in [7, 11) is 0. The van der Waals surface area contributed by atoms with Crippen molar-refractivity contribution in [2.75, 3.05) is 5.73 Å². The van der Waals surface area contributed by atoms with Crippen molar-refractivity contribution in [2.45, 2.75) is 51.7 Å². The highest BCUT2D eigenvalue weighted by Crippen LogP contribution is 2.24. The Morgan fingerprint density at radius 1 is 1.24 bits per heavy atom. The Hall–Kier alpha value is -1.72. The first-order valence-corrected chi connectivity index (χ1v) is 7.22. The standard InChI is InChI=1S/C15H20F3N3/c1-2-5-14-20-12-10-11(19)6-7-13(12)21(14)9-4-3-8-15(16,17)18/h6-7,10H,2-5,8-9,19H2,1H3. The fourth-order valence-electron chi connectivity index (χ4n) is 2.46. The minimum absolute atomic E-state index is 0.143. The molecule has 21 heavy (non-hydrogen) atoms. The number of hydrogen-bond donors (Lipinski definition) is 1. The highest BCUT2D eigenvalue weighted by molar-refractivity contribution is 5.79. The molecule has 0 saturated heterocycles. The summed E-state index contributed by atoms with van der Waals surface area (Å²) in [6, 6.07) is 5.49. The van der Waals surface area contributed by atoms with Crippen LogP contribution in [0.5, 0.6) is 0 Å². The molecule has 3 nitrogen and oxygen atoms in total. The number of alkyl halides is 3. The molecule has 0 atom stereocenters. The second-order valence-corrected chi connectivity index (χ2v) is 5.25. The number of benzene rings is 1. The molecule has 0 radical (unpaired) electrons. The van der Waals surface area contributed by atoms with Crippen molar-refractivity contribution in [2.24, 2.45) is 0 Å². The summed E-state index contributed by atoms with van der Waals surface area (Å²) in [6.07, 6.45) is -2.40. The highest BCUT2D eigenvalue weighted by atomic mass is 19.4. The van der Waals surface area contributed by atoms with Gasteiger partial charge in [0.05, 0.1) is 11.0 Å². The van der Waals surface area contributed by atoms with Gasteiger partial charge in [-0.3, -0.25) is 0 Å². The lowest BCUT2D eigenvalue weighted by Gasteiger charge is -2.10. The molecule has 0 amide bonds. The van der Waals surface area contributed by atoms with Gasteiger partial charge in [0.1, 0.15) is 5.82 Å². The number of halogens is 3. The van der Waals surface area contributed by atoms with Gasteiger partial charge in [-0.2, -0.15) is 13.2 Å². The summed E-state index contributed by atoms with van der Waals surface area (Å²) in [4.78, 5) is 4.55. The zero-order valence-corrected chi connectivity index (χ0v) is 12.1. The number of aromatic nitrogens is 2. The normalized spacial score (nSPS) is 12.2. The molecule has 0 saturated carbocycles. The average molecular weight is 299 g/mol. The van der Waals surface area contributed by atoms with Crippen LogP contribution in [0.25, 0.3) is 11.0 Å². The first kappa shape index (κ1) is 15.7. The maximum Gasteiger partial charge on any atom is 0.389 e. The van der Waals surface area contributed by atoms with Gasteiger partial charge in [0.25, 0.3) is 0 Å². The van der Waals surface area contributed by atoms with Crippen LogP contribution >= 0.6 is 0 Å². The molecule has 0 bridgehead atoms. The van der Waals surface area contributed by atoms with E-state index in [0.29, 0.717) is 18.7 Å². The third-order valence-electron chi connectivity index (χ3n) is 3.42. The fourth-order valence-corrected chi connectivity index (χ4v) is 2.46. The van der Waals surface area contributed by atoms with Crippen LogP contribution in [-0.2, 0) is 13.0 Å². The van der Waals surface area contributed by atoms with Crippen molar-refractivity contribution >= 4 is 16.7 Å². The molecule has 2 rings (SSSR count). The lowest BCUT2D eigenvalue weighted by atomic mass is 10.2. The molecule has 0 spiro atoms. The number of nitrogens with two attached hydrogens (primary N) is 1. The maximum absolute atomic E-state index is 12.2. The molecule has 116 valence electrons. The Labute approximate surface area is 122 Å². The third-order valence-corrected chi connectivity index (χ3v) is 3.42. The number of rotatable bonds is 6. The van der Waals surface area contributed by atoms with E-state index in [1.165, 1.54) is 0 Å². The number of imidazole rings is 1. The van der Waals surface area contributed by atoms with Crippen LogP contribution in [0.15, 0.2) is 18.2 Å².